The van der Waals surface area contributed by atoms with Crippen molar-refractivity contribution in [1.82, 2.24) is 5.32 Å². The van der Waals surface area contributed by atoms with Gasteiger partial charge in [-0.3, -0.25) is 0 Å². The topological polar surface area (TPSA) is 32.3 Å². The molecular formula is C29H59NOS2. The maximum Gasteiger partial charge on any atom is 0.130 e. The number of thiocarbonyl (C=S) groups is 1. The van der Waals surface area contributed by atoms with Crippen molar-refractivity contribution in [2.45, 2.75) is 167 Å². The van der Waals surface area contributed by atoms with Gasteiger partial charge in [0.05, 0.1) is 0 Å². The first-order chi connectivity index (χ1) is 16.3. The lowest BCUT2D eigenvalue weighted by Crippen LogP contribution is -2.17. The summed E-state index contributed by atoms with van der Waals surface area (Å²) in [5, 5.41) is 11.9. The van der Waals surface area contributed by atoms with Crippen LogP contribution in [0.15, 0.2) is 0 Å². The van der Waals surface area contributed by atoms with Crippen molar-refractivity contribution < 1.29 is 5.11 Å². The van der Waals surface area contributed by atoms with E-state index in [0.29, 0.717) is 10.9 Å². The van der Waals surface area contributed by atoms with Crippen molar-refractivity contribution in [2.75, 3.05) is 13.2 Å². The summed E-state index contributed by atoms with van der Waals surface area (Å²) >= 11 is 8.96. The fourth-order valence-corrected chi connectivity index (χ4v) is 4.89. The first-order valence-electron chi connectivity index (χ1n) is 14.8. The Morgan fingerprint density at radius 2 is 0.636 bits per heavy atom. The predicted molar refractivity (Wildman–Crippen MR) is 157 cm³/mol. The Morgan fingerprint density at radius 3 is 0.848 bits per heavy atom. The Morgan fingerprint density at radius 1 is 0.424 bits per heavy atom. The van der Waals surface area contributed by atoms with E-state index < -0.39 is 0 Å². The molecule has 0 fully saturated rings. The molecule has 0 aliphatic rings. The van der Waals surface area contributed by atoms with Gasteiger partial charge in [0.15, 0.2) is 0 Å². The van der Waals surface area contributed by atoms with E-state index in [-0.39, 0.29) is 0 Å². The van der Waals surface area contributed by atoms with E-state index in [1.54, 1.807) is 0 Å². The van der Waals surface area contributed by atoms with Crippen LogP contribution in [0.3, 0.4) is 0 Å². The number of hydrogen-bond donors (Lipinski definition) is 3. The molecule has 0 saturated heterocycles. The van der Waals surface area contributed by atoms with Crippen molar-refractivity contribution in [2.24, 2.45) is 0 Å². The number of aliphatic hydroxyl groups excluding tert-OH is 1. The van der Waals surface area contributed by atoms with Crippen LogP contribution in [0.1, 0.15) is 167 Å². The van der Waals surface area contributed by atoms with Gasteiger partial charge < -0.3 is 10.4 Å². The third-order valence-corrected chi connectivity index (χ3v) is 7.16. The zero-order chi connectivity index (χ0) is 24.1. The number of unbranched alkanes of at least 4 members (excludes halogenated alkanes) is 25. The minimum atomic E-state index is 0.370. The first kappa shape index (κ1) is 33.2. The highest BCUT2D eigenvalue weighted by molar-refractivity contribution is 8.11. The molecule has 0 aromatic heterocycles. The molecule has 0 aliphatic heterocycles. The minimum absolute atomic E-state index is 0.370. The normalized spacial score (nSPS) is 11.2. The lowest BCUT2D eigenvalue weighted by Gasteiger charge is -2.05. The lowest BCUT2D eigenvalue weighted by atomic mass is 10.0. The molecule has 0 radical (unpaired) electrons. The molecule has 0 spiro atoms. The molecule has 0 bridgehead atoms. The summed E-state index contributed by atoms with van der Waals surface area (Å²) in [6.07, 6.45) is 36.2. The summed E-state index contributed by atoms with van der Waals surface area (Å²) in [5.74, 6) is 0. The van der Waals surface area contributed by atoms with Gasteiger partial charge in [-0.05, 0) is 12.8 Å². The molecule has 198 valence electrons. The van der Waals surface area contributed by atoms with Gasteiger partial charge in [0.2, 0.25) is 0 Å². The zero-order valence-electron chi connectivity index (χ0n) is 22.1. The van der Waals surface area contributed by atoms with Crippen LogP contribution in [0.2, 0.25) is 0 Å². The fourth-order valence-electron chi connectivity index (χ4n) is 4.67. The van der Waals surface area contributed by atoms with E-state index >= 15 is 0 Å². The van der Waals surface area contributed by atoms with Gasteiger partial charge in [0, 0.05) is 13.2 Å². The molecule has 0 heterocycles. The average Bonchev–Trinajstić information content (AvgIpc) is 2.80. The summed E-state index contributed by atoms with van der Waals surface area (Å²) in [7, 11) is 0. The second-order valence-electron chi connectivity index (χ2n) is 10.1. The Kier molecular flexibility index (Phi) is 30.4. The second kappa shape index (κ2) is 30.2. The van der Waals surface area contributed by atoms with Crippen molar-refractivity contribution in [1.29, 1.82) is 0 Å². The first-order valence-corrected chi connectivity index (χ1v) is 15.7. The van der Waals surface area contributed by atoms with Crippen LogP contribution in [0.25, 0.3) is 0 Å². The van der Waals surface area contributed by atoms with Crippen molar-refractivity contribution in [3.05, 3.63) is 0 Å². The standard InChI is InChI=1S/C29H59NOS2/c31-28-26-24-22-20-18-16-14-12-10-8-6-4-2-1-3-5-7-9-11-13-15-17-19-21-23-25-27-30-29(32)33/h31H,1-28H2,(H2,30,32,33). The van der Waals surface area contributed by atoms with Gasteiger partial charge in [-0.25, -0.2) is 0 Å². The number of hydrogen-bond acceptors (Lipinski definition) is 2. The molecule has 2 N–H and O–H groups in total. The van der Waals surface area contributed by atoms with E-state index in [1.165, 1.54) is 161 Å². The van der Waals surface area contributed by atoms with Crippen LogP contribution >= 0.6 is 24.8 Å². The summed E-state index contributed by atoms with van der Waals surface area (Å²) < 4.78 is 0.625. The van der Waals surface area contributed by atoms with Crippen LogP contribution in [0, 0.1) is 0 Å². The van der Waals surface area contributed by atoms with Crippen LogP contribution in [0.5, 0.6) is 0 Å². The summed E-state index contributed by atoms with van der Waals surface area (Å²) in [6.45, 7) is 1.35. The average molecular weight is 502 g/mol. The Balaban J connectivity index is 3.01. The number of aliphatic hydroxyl groups is 1. The van der Waals surface area contributed by atoms with E-state index in [1.807, 2.05) is 0 Å². The lowest BCUT2D eigenvalue weighted by molar-refractivity contribution is 0.282. The molecule has 33 heavy (non-hydrogen) atoms. The third kappa shape index (κ3) is 32.2. The molecule has 0 aromatic rings. The molecule has 0 aliphatic carbocycles. The molecule has 0 unspecified atom stereocenters. The second-order valence-corrected chi connectivity index (χ2v) is 11.3. The molecule has 0 rings (SSSR count). The molecule has 4 heteroatoms. The molecule has 0 saturated carbocycles. The summed E-state index contributed by atoms with van der Waals surface area (Å²) in [6, 6.07) is 0. The van der Waals surface area contributed by atoms with Crippen molar-refractivity contribution in [3.8, 4) is 0 Å². The third-order valence-electron chi connectivity index (χ3n) is 6.86. The fraction of sp³-hybridized carbons (Fsp3) is 0.966. The van der Waals surface area contributed by atoms with Crippen LogP contribution in [0.4, 0.5) is 0 Å². The Hall–Kier alpha value is 0.200. The smallest absolute Gasteiger partial charge is 0.130 e. The molecule has 2 nitrogen and oxygen atoms in total. The SMILES string of the molecule is OCCCCCCCCCCCCCCCCCCCCCCCCCCCCNC(=S)S. The van der Waals surface area contributed by atoms with Gasteiger partial charge in [-0.2, -0.15) is 0 Å². The van der Waals surface area contributed by atoms with Gasteiger partial charge >= 0.3 is 0 Å². The summed E-state index contributed by atoms with van der Waals surface area (Å²) in [5.41, 5.74) is 0. The maximum atomic E-state index is 8.76. The van der Waals surface area contributed by atoms with Gasteiger partial charge in [0.1, 0.15) is 4.32 Å². The molecule has 0 amide bonds. The van der Waals surface area contributed by atoms with E-state index in [4.69, 9.17) is 17.3 Å². The van der Waals surface area contributed by atoms with Crippen molar-refractivity contribution in [3.63, 3.8) is 0 Å². The molecule has 0 aromatic carbocycles. The zero-order valence-corrected chi connectivity index (χ0v) is 23.8. The number of thiol groups is 1. The highest BCUT2D eigenvalue weighted by Crippen LogP contribution is 2.15. The monoisotopic (exact) mass is 501 g/mol. The highest BCUT2D eigenvalue weighted by atomic mass is 32.1. The number of nitrogens with one attached hydrogen (secondary N) is 1. The Bertz CT molecular complexity index is 379. The quantitative estimate of drug-likeness (QED) is 0.0566. The van der Waals surface area contributed by atoms with E-state index in [2.05, 4.69) is 17.9 Å². The largest absolute Gasteiger partial charge is 0.396 e. The highest BCUT2D eigenvalue weighted by Gasteiger charge is 1.96. The van der Waals surface area contributed by atoms with E-state index in [0.717, 1.165) is 13.0 Å². The minimum Gasteiger partial charge on any atom is -0.396 e. The predicted octanol–water partition coefficient (Wildman–Crippen LogP) is 9.93. The van der Waals surface area contributed by atoms with Crippen molar-refractivity contribution >= 4 is 29.2 Å². The van der Waals surface area contributed by atoms with E-state index in [9.17, 15) is 0 Å². The number of rotatable bonds is 28. The molecule has 0 atom stereocenters. The van der Waals surface area contributed by atoms with Crippen LogP contribution in [-0.2, 0) is 0 Å². The van der Waals surface area contributed by atoms with Gasteiger partial charge in [-0.1, -0.05) is 166 Å². The summed E-state index contributed by atoms with van der Waals surface area (Å²) in [4.78, 5) is 0. The van der Waals surface area contributed by atoms with Crippen LogP contribution in [-0.4, -0.2) is 22.6 Å². The molecular weight excluding hydrogens is 442 g/mol. The Labute approximate surface area is 219 Å². The van der Waals surface area contributed by atoms with Gasteiger partial charge in [0.25, 0.3) is 0 Å². The maximum absolute atomic E-state index is 8.76. The van der Waals surface area contributed by atoms with Crippen LogP contribution < -0.4 is 5.32 Å². The van der Waals surface area contributed by atoms with Gasteiger partial charge in [-0.15, -0.1) is 12.6 Å².